The van der Waals surface area contributed by atoms with E-state index in [0.717, 1.165) is 30.3 Å². The lowest BCUT2D eigenvalue weighted by molar-refractivity contribution is -0.485. The van der Waals surface area contributed by atoms with Gasteiger partial charge < -0.3 is 9.05 Å². The number of carbonyl (C=O) groups is 1. The van der Waals surface area contributed by atoms with E-state index in [2.05, 4.69) is 0 Å². The van der Waals surface area contributed by atoms with Crippen molar-refractivity contribution in [1.29, 1.82) is 0 Å². The van der Waals surface area contributed by atoms with Gasteiger partial charge in [0, 0.05) is 10.5 Å². The van der Waals surface area contributed by atoms with E-state index in [1.54, 1.807) is 0 Å². The van der Waals surface area contributed by atoms with Crippen LogP contribution in [0.3, 0.4) is 0 Å². The number of ketones is 1. The zero-order valence-electron chi connectivity index (χ0n) is 17.8. The van der Waals surface area contributed by atoms with Crippen LogP contribution >= 0.6 is 7.60 Å². The molecule has 0 N–H and O–H groups in total. The van der Waals surface area contributed by atoms with Crippen molar-refractivity contribution in [3.8, 4) is 0 Å². The van der Waals surface area contributed by atoms with Crippen molar-refractivity contribution < 1.29 is 40.9 Å². The van der Waals surface area contributed by atoms with Crippen molar-refractivity contribution in [3.05, 3.63) is 81.4 Å². The van der Waals surface area contributed by atoms with Gasteiger partial charge in [-0.15, -0.1) is 0 Å². The number of Topliss-reactive ketones (excluding diaryl/α,β-unsaturated/α-hetero) is 1. The molecule has 0 saturated heterocycles. The maximum absolute atomic E-state index is 17.0. The first-order valence-corrected chi connectivity index (χ1v) is 11.4. The fraction of sp³-hybridized carbons (Fsp3) is 0.381. The predicted molar refractivity (Wildman–Crippen MR) is 112 cm³/mol. The average Bonchev–Trinajstić information content (AvgIpc) is 2.76. The van der Waals surface area contributed by atoms with Gasteiger partial charge >= 0.3 is 13.8 Å². The van der Waals surface area contributed by atoms with Gasteiger partial charge in [0.25, 0.3) is 5.41 Å². The summed E-state index contributed by atoms with van der Waals surface area (Å²) in [5.74, 6) is -3.99. The molecule has 0 bridgehead atoms. The van der Waals surface area contributed by atoms with Crippen LogP contribution in [0.1, 0.15) is 41.3 Å². The molecule has 0 heterocycles. The summed E-state index contributed by atoms with van der Waals surface area (Å²) < 4.78 is 82.0. The number of hydrogen-bond acceptors (Lipinski definition) is 6. The standard InChI is InChI=1S/C21H22F4NO6P/c1-3-31-33(30,32-4-2)20(22,19(27)15-10-6-5-7-11-15)18(14-26(28)29)16-12-8-9-13-17(16)21(23,24)25/h5-13,18H,3-4,14H2,1-2H3. The van der Waals surface area contributed by atoms with Gasteiger partial charge in [0.1, 0.15) is 5.92 Å². The molecule has 2 aromatic carbocycles. The van der Waals surface area contributed by atoms with Crippen LogP contribution in [0.5, 0.6) is 0 Å². The molecule has 2 unspecified atom stereocenters. The lowest BCUT2D eigenvalue weighted by Gasteiger charge is -2.36. The number of rotatable bonds is 11. The third-order valence-corrected chi connectivity index (χ3v) is 7.29. The van der Waals surface area contributed by atoms with Gasteiger partial charge in [0.15, 0.2) is 0 Å². The summed E-state index contributed by atoms with van der Waals surface area (Å²) in [6, 6.07) is 10.0. The summed E-state index contributed by atoms with van der Waals surface area (Å²) in [5.41, 5.74) is -2.68. The number of nitro groups is 1. The van der Waals surface area contributed by atoms with Crippen molar-refractivity contribution in [2.75, 3.05) is 19.8 Å². The summed E-state index contributed by atoms with van der Waals surface area (Å²) in [6.45, 7) is 0.275. The molecular weight excluding hydrogens is 469 g/mol. The maximum atomic E-state index is 17.0. The number of hydrogen-bond donors (Lipinski definition) is 0. The minimum absolute atomic E-state index is 0.363. The molecule has 2 atom stereocenters. The van der Waals surface area contributed by atoms with E-state index in [4.69, 9.17) is 9.05 Å². The Labute approximate surface area is 187 Å². The zero-order chi connectivity index (χ0) is 24.9. The molecule has 180 valence electrons. The first kappa shape index (κ1) is 26.6. The highest BCUT2D eigenvalue weighted by molar-refractivity contribution is 7.56. The van der Waals surface area contributed by atoms with Gasteiger partial charge in [-0.1, -0.05) is 48.5 Å². The Morgan fingerprint density at radius 1 is 1.00 bits per heavy atom. The summed E-state index contributed by atoms with van der Waals surface area (Å²) >= 11 is 0. The van der Waals surface area contributed by atoms with Crippen LogP contribution in [-0.4, -0.2) is 35.9 Å². The van der Waals surface area contributed by atoms with Gasteiger partial charge in [-0.2, -0.15) is 13.2 Å². The molecule has 2 aromatic rings. The van der Waals surface area contributed by atoms with Crippen LogP contribution in [-0.2, 0) is 19.8 Å². The topological polar surface area (TPSA) is 95.7 Å². The second kappa shape index (κ2) is 10.5. The smallest absolute Gasteiger partial charge is 0.306 e. The monoisotopic (exact) mass is 491 g/mol. The van der Waals surface area contributed by atoms with E-state index in [0.29, 0.717) is 6.07 Å². The first-order valence-electron chi connectivity index (χ1n) is 9.88. The van der Waals surface area contributed by atoms with E-state index in [-0.39, 0.29) is 5.56 Å². The van der Waals surface area contributed by atoms with Crippen molar-refractivity contribution in [2.45, 2.75) is 31.4 Å². The highest BCUT2D eigenvalue weighted by Crippen LogP contribution is 2.67. The maximum Gasteiger partial charge on any atom is 0.416 e. The Hall–Kier alpha value is -2.62. The largest absolute Gasteiger partial charge is 0.416 e. The van der Waals surface area contributed by atoms with Gasteiger partial charge in [0.2, 0.25) is 12.3 Å². The first-order chi connectivity index (χ1) is 15.4. The molecule has 0 spiro atoms. The van der Waals surface area contributed by atoms with Crippen molar-refractivity contribution in [2.24, 2.45) is 0 Å². The molecule has 0 saturated carbocycles. The molecule has 0 amide bonds. The van der Waals surface area contributed by atoms with Gasteiger partial charge in [0.05, 0.1) is 18.8 Å². The van der Waals surface area contributed by atoms with Crippen LogP contribution in [0.4, 0.5) is 17.6 Å². The Kier molecular flexibility index (Phi) is 8.51. The average molecular weight is 491 g/mol. The van der Waals surface area contributed by atoms with E-state index in [9.17, 15) is 32.6 Å². The van der Waals surface area contributed by atoms with Crippen molar-refractivity contribution in [1.82, 2.24) is 0 Å². The molecule has 0 radical (unpaired) electrons. The van der Waals surface area contributed by atoms with E-state index in [1.807, 2.05) is 0 Å². The lowest BCUT2D eigenvalue weighted by atomic mass is 9.86. The number of benzene rings is 2. The number of halogens is 4. The number of alkyl halides is 4. The molecule has 0 aromatic heterocycles. The van der Waals surface area contributed by atoms with Crippen molar-refractivity contribution in [3.63, 3.8) is 0 Å². The van der Waals surface area contributed by atoms with E-state index >= 15 is 4.39 Å². The highest BCUT2D eigenvalue weighted by atomic mass is 31.2. The summed E-state index contributed by atoms with van der Waals surface area (Å²) in [7, 11) is -5.20. The molecule has 0 aliphatic carbocycles. The van der Waals surface area contributed by atoms with Crippen LogP contribution < -0.4 is 0 Å². The fourth-order valence-electron chi connectivity index (χ4n) is 3.46. The summed E-state index contributed by atoms with van der Waals surface area (Å²) in [4.78, 5) is 23.8. The van der Waals surface area contributed by atoms with Crippen LogP contribution in [0.25, 0.3) is 0 Å². The van der Waals surface area contributed by atoms with E-state index in [1.165, 1.54) is 32.0 Å². The normalized spacial score (nSPS) is 15.0. The van der Waals surface area contributed by atoms with E-state index < -0.39 is 66.7 Å². The number of nitrogens with zero attached hydrogens (tertiary/aromatic N) is 1. The molecule has 2 rings (SSSR count). The Balaban J connectivity index is 2.93. The molecule has 7 nitrogen and oxygen atoms in total. The van der Waals surface area contributed by atoms with Gasteiger partial charge in [-0.25, -0.2) is 4.39 Å². The SMILES string of the molecule is CCOP(=O)(OCC)C(F)(C(=O)c1ccccc1)C(C[N+](=O)[O-])c1ccccc1C(F)(F)F. The Bertz CT molecular complexity index is 1020. The second-order valence-corrected chi connectivity index (χ2v) is 9.02. The quantitative estimate of drug-likeness (QED) is 0.128. The van der Waals surface area contributed by atoms with Crippen molar-refractivity contribution >= 4 is 13.4 Å². The molecule has 12 heteroatoms. The zero-order valence-corrected chi connectivity index (χ0v) is 18.6. The fourth-order valence-corrected chi connectivity index (χ4v) is 5.57. The third kappa shape index (κ3) is 5.48. The highest BCUT2D eigenvalue weighted by Gasteiger charge is 2.65. The molecule has 0 aliphatic rings. The summed E-state index contributed by atoms with van der Waals surface area (Å²) in [5, 5.41) is 7.63. The van der Waals surface area contributed by atoms with Crippen LogP contribution in [0.15, 0.2) is 54.6 Å². The summed E-state index contributed by atoms with van der Waals surface area (Å²) in [6.07, 6.45) is -5.04. The second-order valence-electron chi connectivity index (χ2n) is 6.85. The predicted octanol–water partition coefficient (Wildman–Crippen LogP) is 5.88. The van der Waals surface area contributed by atoms with Crippen LogP contribution in [0, 0.1) is 10.1 Å². The number of carbonyl (C=O) groups excluding carboxylic acids is 1. The third-order valence-electron chi connectivity index (χ3n) is 4.79. The lowest BCUT2D eigenvalue weighted by Crippen LogP contribution is -2.45. The van der Waals surface area contributed by atoms with Gasteiger partial charge in [-0.3, -0.25) is 19.5 Å². The van der Waals surface area contributed by atoms with Crippen LogP contribution in [0.2, 0.25) is 0 Å². The van der Waals surface area contributed by atoms with Gasteiger partial charge in [-0.05, 0) is 25.5 Å². The Morgan fingerprint density at radius 2 is 1.52 bits per heavy atom. The molecule has 0 aliphatic heterocycles. The molecule has 0 fully saturated rings. The Morgan fingerprint density at radius 3 is 2.00 bits per heavy atom. The molecule has 33 heavy (non-hydrogen) atoms. The molecular formula is C21H22F4NO6P. The minimum atomic E-state index is -5.20. The minimum Gasteiger partial charge on any atom is -0.306 e.